The first-order chi connectivity index (χ1) is 9.17. The van der Waals surface area contributed by atoms with Crippen LogP contribution < -0.4 is 4.74 Å². The van der Waals surface area contributed by atoms with Gasteiger partial charge in [0.2, 0.25) is 0 Å². The van der Waals surface area contributed by atoms with Crippen LogP contribution in [0.1, 0.15) is 5.56 Å². The van der Waals surface area contributed by atoms with E-state index in [1.54, 1.807) is 20.1 Å². The highest BCUT2D eigenvalue weighted by atomic mass is 19.1. The lowest BCUT2D eigenvalue weighted by atomic mass is 10.1. The van der Waals surface area contributed by atoms with E-state index in [0.29, 0.717) is 11.4 Å². The van der Waals surface area contributed by atoms with E-state index in [2.05, 4.69) is 9.97 Å². The Hall–Kier alpha value is -2.36. The van der Waals surface area contributed by atoms with Gasteiger partial charge in [-0.25, -0.2) is 9.37 Å². The quantitative estimate of drug-likeness (QED) is 0.759. The third kappa shape index (κ3) is 2.05. The van der Waals surface area contributed by atoms with Gasteiger partial charge in [-0.1, -0.05) is 12.1 Å². The number of nitrogens with one attached hydrogen (secondary N) is 1. The molecule has 1 N–H and O–H groups in total. The Morgan fingerprint density at radius 1 is 1.16 bits per heavy atom. The van der Waals surface area contributed by atoms with Gasteiger partial charge in [-0.15, -0.1) is 0 Å². The summed E-state index contributed by atoms with van der Waals surface area (Å²) in [5.41, 5.74) is 3.06. The summed E-state index contributed by atoms with van der Waals surface area (Å²) >= 11 is 0. The number of aryl methyl sites for hydroxylation is 1. The Labute approximate surface area is 110 Å². The van der Waals surface area contributed by atoms with Crippen LogP contribution in [0.2, 0.25) is 0 Å². The van der Waals surface area contributed by atoms with Crippen molar-refractivity contribution in [2.45, 2.75) is 6.92 Å². The molecule has 4 heteroatoms. The van der Waals surface area contributed by atoms with Gasteiger partial charge in [0, 0.05) is 11.6 Å². The number of H-pyrrole nitrogens is 1. The van der Waals surface area contributed by atoms with Gasteiger partial charge in [-0.3, -0.25) is 0 Å². The van der Waals surface area contributed by atoms with Crippen LogP contribution in [-0.4, -0.2) is 17.1 Å². The molecule has 0 aliphatic heterocycles. The van der Waals surface area contributed by atoms with Gasteiger partial charge in [0.25, 0.3) is 0 Å². The van der Waals surface area contributed by atoms with Crippen LogP contribution in [0.3, 0.4) is 0 Å². The van der Waals surface area contributed by atoms with E-state index >= 15 is 0 Å². The lowest BCUT2D eigenvalue weighted by Crippen LogP contribution is -1.85. The van der Waals surface area contributed by atoms with Crippen LogP contribution in [0.4, 0.5) is 4.39 Å². The fraction of sp³-hybridized carbons (Fsp3) is 0.133. The van der Waals surface area contributed by atoms with E-state index in [4.69, 9.17) is 4.74 Å². The zero-order valence-corrected chi connectivity index (χ0v) is 10.7. The van der Waals surface area contributed by atoms with E-state index in [0.717, 1.165) is 22.3 Å². The summed E-state index contributed by atoms with van der Waals surface area (Å²) in [6.07, 6.45) is 0. The minimum atomic E-state index is -0.226. The van der Waals surface area contributed by atoms with Crippen LogP contribution >= 0.6 is 0 Å². The van der Waals surface area contributed by atoms with Crippen molar-refractivity contribution < 1.29 is 9.13 Å². The Balaban J connectivity index is 2.11. The number of benzene rings is 2. The number of hydrogen-bond acceptors (Lipinski definition) is 2. The van der Waals surface area contributed by atoms with Crippen LogP contribution in [0.5, 0.6) is 5.75 Å². The molecule has 19 heavy (non-hydrogen) atoms. The first-order valence-corrected chi connectivity index (χ1v) is 5.97. The van der Waals surface area contributed by atoms with Crippen molar-refractivity contribution >= 4 is 11.0 Å². The molecule has 0 atom stereocenters. The van der Waals surface area contributed by atoms with E-state index in [1.807, 2.05) is 24.3 Å². The van der Waals surface area contributed by atoms with Crippen LogP contribution in [-0.2, 0) is 0 Å². The predicted octanol–water partition coefficient (Wildman–Crippen LogP) is 3.69. The summed E-state index contributed by atoms with van der Waals surface area (Å²) in [5.74, 6) is 1.19. The molecule has 2 aromatic carbocycles. The predicted molar refractivity (Wildman–Crippen MR) is 72.8 cm³/mol. The number of fused-ring (bicyclic) bond motifs is 1. The first kappa shape index (κ1) is 11.7. The largest absolute Gasteiger partial charge is 0.497 e. The molecule has 1 heterocycles. The molecule has 0 fully saturated rings. The maximum atomic E-state index is 13.6. The van der Waals surface area contributed by atoms with E-state index < -0.39 is 0 Å². The van der Waals surface area contributed by atoms with Gasteiger partial charge in [-0.05, 0) is 30.7 Å². The first-order valence-electron chi connectivity index (χ1n) is 5.97. The van der Waals surface area contributed by atoms with Gasteiger partial charge in [-0.2, -0.15) is 0 Å². The highest BCUT2D eigenvalue weighted by Gasteiger charge is 2.08. The number of methoxy groups -OCH3 is 1. The molecule has 0 radical (unpaired) electrons. The van der Waals surface area contributed by atoms with Crippen molar-refractivity contribution in [3.05, 3.63) is 47.8 Å². The molecule has 0 saturated heterocycles. The van der Waals surface area contributed by atoms with Gasteiger partial charge >= 0.3 is 0 Å². The van der Waals surface area contributed by atoms with Gasteiger partial charge in [0.05, 0.1) is 18.1 Å². The number of rotatable bonds is 2. The molecule has 0 saturated carbocycles. The van der Waals surface area contributed by atoms with Crippen molar-refractivity contribution in [2.75, 3.05) is 7.11 Å². The molecule has 0 aliphatic carbocycles. The fourth-order valence-corrected chi connectivity index (χ4v) is 1.99. The molecule has 1 aromatic heterocycles. The molecule has 3 nitrogen and oxygen atoms in total. The Morgan fingerprint density at radius 3 is 2.74 bits per heavy atom. The van der Waals surface area contributed by atoms with Gasteiger partial charge < -0.3 is 9.72 Å². The average molecular weight is 256 g/mol. The SMILES string of the molecule is COc1ccc2nc(-c3ccc(C)c(F)c3)[nH]c2c1. The topological polar surface area (TPSA) is 37.9 Å². The summed E-state index contributed by atoms with van der Waals surface area (Å²) in [4.78, 5) is 7.63. The summed E-state index contributed by atoms with van der Waals surface area (Å²) in [6.45, 7) is 1.74. The van der Waals surface area contributed by atoms with Crippen molar-refractivity contribution in [1.82, 2.24) is 9.97 Å². The van der Waals surface area contributed by atoms with Crippen molar-refractivity contribution in [1.29, 1.82) is 0 Å². The van der Waals surface area contributed by atoms with Crippen LogP contribution in [0, 0.1) is 12.7 Å². The molecule has 3 aromatic rings. The number of hydrogen-bond donors (Lipinski definition) is 1. The molecule has 96 valence electrons. The standard InChI is InChI=1S/C15H13FN2O/c1-9-3-4-10(7-12(9)16)15-17-13-6-5-11(19-2)8-14(13)18-15/h3-8H,1-2H3,(H,17,18). The van der Waals surface area contributed by atoms with Crippen LogP contribution in [0.25, 0.3) is 22.4 Å². The smallest absolute Gasteiger partial charge is 0.138 e. The number of imidazole rings is 1. The molecule has 0 aliphatic rings. The third-order valence-electron chi connectivity index (χ3n) is 3.13. The summed E-state index contributed by atoms with van der Waals surface area (Å²) in [7, 11) is 1.62. The van der Waals surface area contributed by atoms with Gasteiger partial charge in [0.1, 0.15) is 17.4 Å². The maximum Gasteiger partial charge on any atom is 0.138 e. The minimum absolute atomic E-state index is 0.226. The maximum absolute atomic E-state index is 13.6. The van der Waals surface area contributed by atoms with Crippen molar-refractivity contribution in [3.63, 3.8) is 0 Å². The number of ether oxygens (including phenoxy) is 1. The molecular weight excluding hydrogens is 243 g/mol. The third-order valence-corrected chi connectivity index (χ3v) is 3.13. The highest BCUT2D eigenvalue weighted by Crippen LogP contribution is 2.24. The lowest BCUT2D eigenvalue weighted by molar-refractivity contribution is 0.415. The molecule has 0 unspecified atom stereocenters. The van der Waals surface area contributed by atoms with Crippen LogP contribution in [0.15, 0.2) is 36.4 Å². The minimum Gasteiger partial charge on any atom is -0.497 e. The molecule has 0 spiro atoms. The zero-order chi connectivity index (χ0) is 13.4. The monoisotopic (exact) mass is 256 g/mol. The second-order valence-corrected chi connectivity index (χ2v) is 4.43. The Kier molecular flexibility index (Phi) is 2.71. The van der Waals surface area contributed by atoms with E-state index in [1.165, 1.54) is 6.07 Å². The van der Waals surface area contributed by atoms with Gasteiger partial charge in [0.15, 0.2) is 0 Å². The van der Waals surface area contributed by atoms with Crippen molar-refractivity contribution in [2.24, 2.45) is 0 Å². The van der Waals surface area contributed by atoms with E-state index in [9.17, 15) is 4.39 Å². The number of nitrogens with zero attached hydrogens (tertiary/aromatic N) is 1. The van der Waals surface area contributed by atoms with Crippen molar-refractivity contribution in [3.8, 4) is 17.1 Å². The fourth-order valence-electron chi connectivity index (χ4n) is 1.99. The second kappa shape index (κ2) is 4.39. The van der Waals surface area contributed by atoms with E-state index in [-0.39, 0.29) is 5.82 Å². The molecule has 3 rings (SSSR count). The summed E-state index contributed by atoms with van der Waals surface area (Å²) in [5, 5.41) is 0. The second-order valence-electron chi connectivity index (χ2n) is 4.43. The molecular formula is C15H13FN2O. The molecule has 0 amide bonds. The normalized spacial score (nSPS) is 10.9. The molecule has 0 bridgehead atoms. The zero-order valence-electron chi connectivity index (χ0n) is 10.7. The lowest BCUT2D eigenvalue weighted by Gasteiger charge is -1.99. The summed E-state index contributed by atoms with van der Waals surface area (Å²) in [6, 6.07) is 10.7. The summed E-state index contributed by atoms with van der Waals surface area (Å²) < 4.78 is 18.7. The number of aromatic nitrogens is 2. The Bertz CT molecular complexity index is 749. The average Bonchev–Trinajstić information content (AvgIpc) is 2.84. The Morgan fingerprint density at radius 2 is 2.00 bits per heavy atom. The highest BCUT2D eigenvalue weighted by molar-refractivity contribution is 5.80. The number of halogens is 1. The number of aromatic amines is 1.